The minimum absolute atomic E-state index is 0.0585. The molecule has 0 aliphatic carbocycles. The van der Waals surface area contributed by atoms with Gasteiger partial charge in [0.2, 0.25) is 5.91 Å². The van der Waals surface area contributed by atoms with E-state index in [9.17, 15) is 4.79 Å². The second-order valence-corrected chi connectivity index (χ2v) is 6.37. The average Bonchev–Trinajstić information content (AvgIpc) is 2.56. The quantitative estimate of drug-likeness (QED) is 0.867. The highest BCUT2D eigenvalue weighted by molar-refractivity contribution is 5.78. The largest absolute Gasteiger partial charge is 0.353 e. The van der Waals surface area contributed by atoms with Gasteiger partial charge in [-0.2, -0.15) is 5.26 Å². The molecule has 1 saturated heterocycles. The first-order valence-corrected chi connectivity index (χ1v) is 8.20. The molecule has 0 saturated carbocycles. The fourth-order valence-electron chi connectivity index (χ4n) is 2.96. The zero-order valence-electron chi connectivity index (χ0n) is 14.0. The van der Waals surface area contributed by atoms with Crippen LogP contribution < -0.4 is 5.32 Å². The van der Waals surface area contributed by atoms with Gasteiger partial charge in [-0.1, -0.05) is 30.3 Å². The Morgan fingerprint density at radius 2 is 2.00 bits per heavy atom. The van der Waals surface area contributed by atoms with Crippen molar-refractivity contribution in [3.05, 3.63) is 35.9 Å². The molecule has 23 heavy (non-hydrogen) atoms. The lowest BCUT2D eigenvalue weighted by Crippen LogP contribution is -2.43. The van der Waals surface area contributed by atoms with Crippen LogP contribution in [0.25, 0.3) is 0 Å². The van der Waals surface area contributed by atoms with E-state index in [0.29, 0.717) is 13.1 Å². The summed E-state index contributed by atoms with van der Waals surface area (Å²) >= 11 is 0. The molecule has 1 N–H and O–H groups in total. The molecule has 0 spiro atoms. The highest BCUT2D eigenvalue weighted by Gasteiger charge is 2.21. The summed E-state index contributed by atoms with van der Waals surface area (Å²) in [6.07, 6.45) is 1.74. The Kier molecular flexibility index (Phi) is 6.57. The van der Waals surface area contributed by atoms with Crippen LogP contribution in [0, 0.1) is 17.2 Å². The molecule has 1 aromatic carbocycles. The van der Waals surface area contributed by atoms with Crippen molar-refractivity contribution >= 4 is 5.91 Å². The lowest BCUT2D eigenvalue weighted by atomic mass is 9.99. The first-order valence-electron chi connectivity index (χ1n) is 8.20. The van der Waals surface area contributed by atoms with Gasteiger partial charge in [-0.15, -0.1) is 0 Å². The maximum absolute atomic E-state index is 12.2. The monoisotopic (exact) mass is 314 g/mol. The average molecular weight is 314 g/mol. The van der Waals surface area contributed by atoms with Crippen molar-refractivity contribution in [3.63, 3.8) is 0 Å². The molecule has 1 atom stereocenters. The van der Waals surface area contributed by atoms with E-state index < -0.39 is 0 Å². The van der Waals surface area contributed by atoms with Crippen LogP contribution in [0.1, 0.15) is 24.4 Å². The van der Waals surface area contributed by atoms with Gasteiger partial charge in [-0.25, -0.2) is 0 Å². The Hall–Kier alpha value is -1.90. The summed E-state index contributed by atoms with van der Waals surface area (Å²) < 4.78 is 0. The Bertz CT molecular complexity index is 530. The number of benzene rings is 1. The van der Waals surface area contributed by atoms with Gasteiger partial charge >= 0.3 is 0 Å². The van der Waals surface area contributed by atoms with E-state index in [1.54, 1.807) is 0 Å². The van der Waals surface area contributed by atoms with Crippen molar-refractivity contribution in [2.75, 3.05) is 40.3 Å². The molecule has 5 heteroatoms. The van der Waals surface area contributed by atoms with E-state index in [0.717, 1.165) is 25.9 Å². The Morgan fingerprint density at radius 3 is 2.57 bits per heavy atom. The molecule has 1 fully saturated rings. The molecule has 0 unspecified atom stereocenters. The Balaban J connectivity index is 1.80. The fourth-order valence-corrected chi connectivity index (χ4v) is 2.96. The van der Waals surface area contributed by atoms with Crippen molar-refractivity contribution in [2.24, 2.45) is 5.92 Å². The van der Waals surface area contributed by atoms with Gasteiger partial charge in [0, 0.05) is 12.5 Å². The van der Waals surface area contributed by atoms with Gasteiger partial charge in [0.05, 0.1) is 18.7 Å². The molecule has 1 aliphatic heterocycles. The smallest absolute Gasteiger partial charge is 0.234 e. The van der Waals surface area contributed by atoms with Crippen LogP contribution in [-0.4, -0.2) is 56.0 Å². The summed E-state index contributed by atoms with van der Waals surface area (Å²) in [5.74, 6) is 0.216. The van der Waals surface area contributed by atoms with E-state index >= 15 is 0 Å². The van der Waals surface area contributed by atoms with Crippen LogP contribution in [0.3, 0.4) is 0 Å². The minimum Gasteiger partial charge on any atom is -0.353 e. The first kappa shape index (κ1) is 17.5. The van der Waals surface area contributed by atoms with Crippen LogP contribution in [-0.2, 0) is 4.79 Å². The lowest BCUT2D eigenvalue weighted by Gasteiger charge is -2.29. The molecule has 5 nitrogen and oxygen atoms in total. The van der Waals surface area contributed by atoms with Crippen molar-refractivity contribution < 1.29 is 4.79 Å². The normalized spacial score (nSPS) is 17.7. The molecule has 1 heterocycles. The second-order valence-electron chi connectivity index (χ2n) is 6.37. The molecular formula is C18H26N4O. The van der Waals surface area contributed by atoms with Gasteiger partial charge in [-0.05, 0) is 45.6 Å². The molecule has 0 radical (unpaired) electrons. The first-order chi connectivity index (χ1) is 11.1. The number of likely N-dealkylation sites (N-methyl/N-ethyl adjacent to an activating group) is 1. The molecule has 1 aromatic rings. The predicted octanol–water partition coefficient (Wildman–Crippen LogP) is 1.64. The van der Waals surface area contributed by atoms with Crippen LogP contribution >= 0.6 is 0 Å². The minimum atomic E-state index is 0.0585. The molecule has 124 valence electrons. The number of amides is 1. The third-order valence-electron chi connectivity index (χ3n) is 4.44. The molecule has 1 aliphatic rings. The van der Waals surface area contributed by atoms with Gasteiger partial charge in [0.1, 0.15) is 0 Å². The summed E-state index contributed by atoms with van der Waals surface area (Å²) in [6.45, 7) is 2.69. The SMILES string of the molecule is CN(C)[C@@H](CNC(=O)CN1CCC(C#N)CC1)c1ccccc1. The summed E-state index contributed by atoms with van der Waals surface area (Å²) in [7, 11) is 4.05. The standard InChI is InChI=1S/C18H26N4O/c1-21(2)17(16-6-4-3-5-7-16)13-20-18(23)14-22-10-8-15(12-19)9-11-22/h3-7,15,17H,8-11,13-14H2,1-2H3,(H,20,23)/t17-/m0/s1. The Labute approximate surface area is 138 Å². The van der Waals surface area contributed by atoms with Gasteiger partial charge < -0.3 is 10.2 Å². The summed E-state index contributed by atoms with van der Waals surface area (Å²) in [4.78, 5) is 16.4. The molecule has 0 aromatic heterocycles. The maximum Gasteiger partial charge on any atom is 0.234 e. The number of nitrogens with one attached hydrogen (secondary N) is 1. The summed E-state index contributed by atoms with van der Waals surface area (Å²) in [5.41, 5.74) is 1.20. The van der Waals surface area contributed by atoms with Crippen molar-refractivity contribution in [2.45, 2.75) is 18.9 Å². The number of carbonyl (C=O) groups is 1. The molecule has 0 bridgehead atoms. The van der Waals surface area contributed by atoms with E-state index in [1.165, 1.54) is 5.56 Å². The molecule has 2 rings (SSSR count). The highest BCUT2D eigenvalue weighted by Crippen LogP contribution is 2.17. The van der Waals surface area contributed by atoms with Crippen molar-refractivity contribution in [3.8, 4) is 6.07 Å². The topological polar surface area (TPSA) is 59.4 Å². The van der Waals surface area contributed by atoms with E-state index in [4.69, 9.17) is 5.26 Å². The van der Waals surface area contributed by atoms with Gasteiger partial charge in [0.25, 0.3) is 0 Å². The van der Waals surface area contributed by atoms with Gasteiger partial charge in [0.15, 0.2) is 0 Å². The number of rotatable bonds is 6. The number of piperidine rings is 1. The summed E-state index contributed by atoms with van der Waals surface area (Å²) in [6, 6.07) is 12.7. The van der Waals surface area contributed by atoms with Crippen molar-refractivity contribution in [1.82, 2.24) is 15.1 Å². The second kappa shape index (κ2) is 8.66. The third kappa shape index (κ3) is 5.34. The van der Waals surface area contributed by atoms with Crippen LogP contribution in [0.5, 0.6) is 0 Å². The lowest BCUT2D eigenvalue weighted by molar-refractivity contribution is -0.122. The number of hydrogen-bond donors (Lipinski definition) is 1. The zero-order valence-corrected chi connectivity index (χ0v) is 14.0. The third-order valence-corrected chi connectivity index (χ3v) is 4.44. The zero-order chi connectivity index (χ0) is 16.7. The molecule has 1 amide bonds. The van der Waals surface area contributed by atoms with E-state index in [2.05, 4.69) is 33.3 Å². The fraction of sp³-hybridized carbons (Fsp3) is 0.556. The van der Waals surface area contributed by atoms with Crippen LogP contribution in [0.2, 0.25) is 0 Å². The number of hydrogen-bond acceptors (Lipinski definition) is 4. The van der Waals surface area contributed by atoms with Crippen LogP contribution in [0.15, 0.2) is 30.3 Å². The maximum atomic E-state index is 12.2. The number of likely N-dealkylation sites (tertiary alicyclic amines) is 1. The highest BCUT2D eigenvalue weighted by atomic mass is 16.2. The summed E-state index contributed by atoms with van der Waals surface area (Å²) in [5, 5.41) is 12.0. The van der Waals surface area contributed by atoms with Crippen molar-refractivity contribution in [1.29, 1.82) is 5.26 Å². The van der Waals surface area contributed by atoms with E-state index in [1.807, 2.05) is 32.3 Å². The molecular weight excluding hydrogens is 288 g/mol. The number of carbonyl (C=O) groups excluding carboxylic acids is 1. The predicted molar refractivity (Wildman–Crippen MR) is 90.7 cm³/mol. The Morgan fingerprint density at radius 1 is 1.35 bits per heavy atom. The van der Waals surface area contributed by atoms with E-state index in [-0.39, 0.29) is 17.9 Å². The number of nitrogens with zero attached hydrogens (tertiary/aromatic N) is 3. The number of nitriles is 1. The van der Waals surface area contributed by atoms with Crippen LogP contribution in [0.4, 0.5) is 0 Å². The van der Waals surface area contributed by atoms with Gasteiger partial charge in [-0.3, -0.25) is 9.69 Å².